The molecule has 1 aromatic rings. The first-order chi connectivity index (χ1) is 9.49. The van der Waals surface area contributed by atoms with Gasteiger partial charge in [-0.25, -0.2) is 8.42 Å². The molecule has 2 unspecified atom stereocenters. The van der Waals surface area contributed by atoms with Gasteiger partial charge < -0.3 is 15.2 Å². The maximum atomic E-state index is 12.4. The van der Waals surface area contributed by atoms with Gasteiger partial charge in [-0.15, -0.1) is 0 Å². The molecule has 0 bridgehead atoms. The standard InChI is InChI=1S/C14H21NO4S/c1-18-6-3-7-20(16,17)13-8-10-4-5-11(19-2)9-12(10)14(13)15/h4-5,9,13-14H,3,6-8,15H2,1-2H3. The molecule has 0 fully saturated rings. The van der Waals surface area contributed by atoms with Gasteiger partial charge in [0.1, 0.15) is 5.75 Å². The fraction of sp³-hybridized carbons (Fsp3) is 0.571. The van der Waals surface area contributed by atoms with Crippen LogP contribution in [0.5, 0.6) is 5.75 Å². The molecule has 0 aromatic heterocycles. The minimum atomic E-state index is -3.21. The summed E-state index contributed by atoms with van der Waals surface area (Å²) in [5, 5.41) is -0.540. The van der Waals surface area contributed by atoms with Crippen LogP contribution >= 0.6 is 0 Å². The van der Waals surface area contributed by atoms with Crippen LogP contribution in [0.2, 0.25) is 0 Å². The predicted octanol–water partition coefficient (Wildman–Crippen LogP) is 1.07. The van der Waals surface area contributed by atoms with E-state index in [4.69, 9.17) is 15.2 Å². The van der Waals surface area contributed by atoms with E-state index in [1.54, 1.807) is 14.2 Å². The second kappa shape index (κ2) is 6.11. The van der Waals surface area contributed by atoms with Crippen molar-refractivity contribution in [1.29, 1.82) is 0 Å². The summed E-state index contributed by atoms with van der Waals surface area (Å²) < 4.78 is 34.8. The number of sulfone groups is 1. The third-order valence-corrected chi connectivity index (χ3v) is 6.01. The molecule has 1 aliphatic rings. The van der Waals surface area contributed by atoms with Crippen molar-refractivity contribution in [3.8, 4) is 5.75 Å². The van der Waals surface area contributed by atoms with Crippen molar-refractivity contribution in [2.24, 2.45) is 5.73 Å². The monoisotopic (exact) mass is 299 g/mol. The largest absolute Gasteiger partial charge is 0.497 e. The lowest BCUT2D eigenvalue weighted by Crippen LogP contribution is -2.32. The molecule has 1 aromatic carbocycles. The molecule has 2 rings (SSSR count). The van der Waals surface area contributed by atoms with Gasteiger partial charge in [-0.3, -0.25) is 0 Å². The van der Waals surface area contributed by atoms with E-state index in [-0.39, 0.29) is 5.75 Å². The Hall–Kier alpha value is -1.11. The zero-order valence-electron chi connectivity index (χ0n) is 11.8. The van der Waals surface area contributed by atoms with Crippen molar-refractivity contribution in [2.75, 3.05) is 26.6 Å². The number of benzene rings is 1. The molecule has 5 nitrogen and oxygen atoms in total. The van der Waals surface area contributed by atoms with Crippen LogP contribution in [-0.4, -0.2) is 40.2 Å². The molecular formula is C14H21NO4S. The third-order valence-electron chi connectivity index (χ3n) is 3.77. The van der Waals surface area contributed by atoms with E-state index in [0.29, 0.717) is 25.2 Å². The molecule has 6 heteroatoms. The van der Waals surface area contributed by atoms with Gasteiger partial charge in [0.2, 0.25) is 0 Å². The Morgan fingerprint density at radius 2 is 2.10 bits per heavy atom. The molecule has 0 saturated carbocycles. The molecule has 20 heavy (non-hydrogen) atoms. The van der Waals surface area contributed by atoms with Crippen molar-refractivity contribution in [3.05, 3.63) is 29.3 Å². The number of methoxy groups -OCH3 is 2. The Bertz CT molecular complexity index is 571. The van der Waals surface area contributed by atoms with Crippen LogP contribution in [0, 0.1) is 0 Å². The predicted molar refractivity (Wildman–Crippen MR) is 77.7 cm³/mol. The average molecular weight is 299 g/mol. The van der Waals surface area contributed by atoms with Crippen LogP contribution in [0.4, 0.5) is 0 Å². The van der Waals surface area contributed by atoms with Crippen molar-refractivity contribution >= 4 is 9.84 Å². The third kappa shape index (κ3) is 2.97. The van der Waals surface area contributed by atoms with E-state index >= 15 is 0 Å². The lowest BCUT2D eigenvalue weighted by molar-refractivity contribution is 0.199. The van der Waals surface area contributed by atoms with Gasteiger partial charge in [0.25, 0.3) is 0 Å². The van der Waals surface area contributed by atoms with E-state index in [9.17, 15) is 8.42 Å². The van der Waals surface area contributed by atoms with Crippen molar-refractivity contribution in [3.63, 3.8) is 0 Å². The summed E-state index contributed by atoms with van der Waals surface area (Å²) in [5.74, 6) is 0.821. The van der Waals surface area contributed by atoms with Crippen molar-refractivity contribution in [2.45, 2.75) is 24.1 Å². The second-order valence-electron chi connectivity index (χ2n) is 5.05. The zero-order valence-corrected chi connectivity index (χ0v) is 12.7. The van der Waals surface area contributed by atoms with Crippen LogP contribution in [-0.2, 0) is 21.0 Å². The molecule has 0 spiro atoms. The summed E-state index contributed by atoms with van der Waals surface area (Å²) in [6.07, 6.45) is 0.984. The molecule has 0 aliphatic heterocycles. The highest BCUT2D eigenvalue weighted by atomic mass is 32.2. The Kier molecular flexibility index (Phi) is 4.67. The Labute approximate surface area is 120 Å². The SMILES string of the molecule is COCCCS(=O)(=O)C1Cc2ccc(OC)cc2C1N. The summed E-state index contributed by atoms with van der Waals surface area (Å²) in [7, 11) is -0.0645. The molecule has 1 aliphatic carbocycles. The molecule has 112 valence electrons. The molecule has 0 heterocycles. The maximum Gasteiger partial charge on any atom is 0.155 e. The number of rotatable bonds is 6. The number of hydrogen-bond acceptors (Lipinski definition) is 5. The van der Waals surface area contributed by atoms with Crippen molar-refractivity contribution in [1.82, 2.24) is 0 Å². The molecule has 2 N–H and O–H groups in total. The number of fused-ring (bicyclic) bond motifs is 1. The van der Waals surface area contributed by atoms with Crippen LogP contribution in [0.15, 0.2) is 18.2 Å². The van der Waals surface area contributed by atoms with Gasteiger partial charge in [-0.1, -0.05) is 6.07 Å². The summed E-state index contributed by atoms with van der Waals surface area (Å²) in [4.78, 5) is 0. The molecular weight excluding hydrogens is 278 g/mol. The Balaban J connectivity index is 2.17. The van der Waals surface area contributed by atoms with E-state index in [2.05, 4.69) is 0 Å². The maximum absolute atomic E-state index is 12.4. The van der Waals surface area contributed by atoms with E-state index in [0.717, 1.165) is 11.1 Å². The molecule has 0 saturated heterocycles. The zero-order chi connectivity index (χ0) is 14.8. The van der Waals surface area contributed by atoms with Gasteiger partial charge >= 0.3 is 0 Å². The Morgan fingerprint density at radius 1 is 1.35 bits per heavy atom. The smallest absolute Gasteiger partial charge is 0.155 e. The summed E-state index contributed by atoms with van der Waals surface area (Å²) in [6, 6.07) is 5.10. The van der Waals surface area contributed by atoms with Gasteiger partial charge in [-0.05, 0) is 36.1 Å². The highest BCUT2D eigenvalue weighted by Gasteiger charge is 2.38. The van der Waals surface area contributed by atoms with Gasteiger partial charge in [0.15, 0.2) is 9.84 Å². The summed E-state index contributed by atoms with van der Waals surface area (Å²) in [6.45, 7) is 0.446. The lowest BCUT2D eigenvalue weighted by Gasteiger charge is -2.16. The lowest BCUT2D eigenvalue weighted by atomic mass is 10.1. The van der Waals surface area contributed by atoms with Crippen LogP contribution < -0.4 is 10.5 Å². The molecule has 2 atom stereocenters. The van der Waals surface area contributed by atoms with E-state index < -0.39 is 21.1 Å². The van der Waals surface area contributed by atoms with Crippen LogP contribution in [0.1, 0.15) is 23.6 Å². The topological polar surface area (TPSA) is 78.6 Å². The fourth-order valence-corrected chi connectivity index (χ4v) is 4.50. The highest BCUT2D eigenvalue weighted by molar-refractivity contribution is 7.92. The fourth-order valence-electron chi connectivity index (χ4n) is 2.65. The second-order valence-corrected chi connectivity index (χ2v) is 7.39. The number of nitrogens with two attached hydrogens (primary N) is 1. The quantitative estimate of drug-likeness (QED) is 0.795. The van der Waals surface area contributed by atoms with Crippen LogP contribution in [0.25, 0.3) is 0 Å². The number of ether oxygens (including phenoxy) is 2. The van der Waals surface area contributed by atoms with E-state index in [1.165, 1.54) is 0 Å². The van der Waals surface area contributed by atoms with Gasteiger partial charge in [0.05, 0.1) is 18.1 Å². The number of hydrogen-bond donors (Lipinski definition) is 1. The average Bonchev–Trinajstić information content (AvgIpc) is 2.76. The van der Waals surface area contributed by atoms with Crippen LogP contribution in [0.3, 0.4) is 0 Å². The molecule has 0 radical (unpaired) electrons. The first-order valence-corrected chi connectivity index (χ1v) is 8.34. The van der Waals surface area contributed by atoms with Gasteiger partial charge in [-0.2, -0.15) is 0 Å². The highest BCUT2D eigenvalue weighted by Crippen LogP contribution is 2.36. The first kappa shape index (κ1) is 15.3. The molecule has 0 amide bonds. The van der Waals surface area contributed by atoms with E-state index in [1.807, 2.05) is 18.2 Å². The minimum Gasteiger partial charge on any atom is -0.497 e. The van der Waals surface area contributed by atoms with Gasteiger partial charge in [0, 0.05) is 19.8 Å². The minimum absolute atomic E-state index is 0.115. The summed E-state index contributed by atoms with van der Waals surface area (Å²) >= 11 is 0. The Morgan fingerprint density at radius 3 is 2.75 bits per heavy atom. The first-order valence-electron chi connectivity index (χ1n) is 6.62. The van der Waals surface area contributed by atoms with Crippen molar-refractivity contribution < 1.29 is 17.9 Å². The summed E-state index contributed by atoms with van der Waals surface area (Å²) in [5.41, 5.74) is 8.02. The normalized spacial score (nSPS) is 21.8.